The van der Waals surface area contributed by atoms with Crippen LogP contribution in [0.4, 0.5) is 0 Å². The van der Waals surface area contributed by atoms with Crippen LogP contribution in [-0.4, -0.2) is 45.4 Å². The van der Waals surface area contributed by atoms with Gasteiger partial charge in [0.2, 0.25) is 11.8 Å². The molecule has 6 nitrogen and oxygen atoms in total. The third-order valence-electron chi connectivity index (χ3n) is 3.83. The summed E-state index contributed by atoms with van der Waals surface area (Å²) in [5, 5.41) is 11.4. The number of amides is 1. The Morgan fingerprint density at radius 2 is 2.14 bits per heavy atom. The van der Waals surface area contributed by atoms with Crippen LogP contribution in [0, 0.1) is 0 Å². The van der Waals surface area contributed by atoms with Crippen LogP contribution < -0.4 is 5.32 Å². The summed E-state index contributed by atoms with van der Waals surface area (Å²) in [6, 6.07) is 0.387. The topological polar surface area (TPSA) is 71.3 Å². The van der Waals surface area contributed by atoms with E-state index in [9.17, 15) is 4.79 Å². The summed E-state index contributed by atoms with van der Waals surface area (Å²) >= 11 is 1.33. The minimum absolute atomic E-state index is 0.0540. The molecule has 2 aliphatic rings. The molecule has 1 amide bonds. The van der Waals surface area contributed by atoms with Gasteiger partial charge in [0.15, 0.2) is 0 Å². The van der Waals surface area contributed by atoms with Gasteiger partial charge in [0.1, 0.15) is 0 Å². The number of nitrogens with zero attached hydrogens (tertiary/aromatic N) is 3. The van der Waals surface area contributed by atoms with Crippen molar-refractivity contribution in [3.63, 3.8) is 0 Å². The van der Waals surface area contributed by atoms with E-state index < -0.39 is 0 Å². The second kappa shape index (κ2) is 6.79. The van der Waals surface area contributed by atoms with E-state index >= 15 is 0 Å². The fraction of sp³-hybridized carbons (Fsp3) is 0.786. The van der Waals surface area contributed by atoms with E-state index in [1.807, 2.05) is 6.92 Å². The van der Waals surface area contributed by atoms with Crippen LogP contribution in [0.3, 0.4) is 0 Å². The summed E-state index contributed by atoms with van der Waals surface area (Å²) in [4.78, 5) is 14.2. The molecule has 0 aromatic carbocycles. The largest absolute Gasteiger partial charge is 0.415 e. The van der Waals surface area contributed by atoms with Crippen LogP contribution in [-0.2, 0) is 11.3 Å². The molecule has 1 atom stereocenters. The van der Waals surface area contributed by atoms with Crippen molar-refractivity contribution in [2.45, 2.75) is 62.1 Å². The van der Waals surface area contributed by atoms with Crippen LogP contribution in [0.5, 0.6) is 0 Å². The highest BCUT2D eigenvalue weighted by molar-refractivity contribution is 8.00. The molecule has 1 saturated heterocycles. The van der Waals surface area contributed by atoms with Gasteiger partial charge in [-0.15, -0.1) is 10.2 Å². The monoisotopic (exact) mass is 310 g/mol. The molecular formula is C14H22N4O2S. The van der Waals surface area contributed by atoms with Crippen molar-refractivity contribution in [3.05, 3.63) is 5.89 Å². The predicted molar refractivity (Wildman–Crippen MR) is 79.9 cm³/mol. The molecule has 1 N–H and O–H groups in total. The standard InChI is InChI=1S/C14H22N4O2S/c1-10(13(19)15-11-5-6-11)21-14-17-16-12(20-14)9-18-7-3-2-4-8-18/h10-11H,2-9H2,1H3,(H,15,19). The maximum absolute atomic E-state index is 11.9. The number of piperidine rings is 1. The van der Waals surface area contributed by atoms with Gasteiger partial charge in [-0.25, -0.2) is 0 Å². The molecule has 2 fully saturated rings. The van der Waals surface area contributed by atoms with E-state index in [-0.39, 0.29) is 11.2 Å². The average Bonchev–Trinajstić information content (AvgIpc) is 3.19. The van der Waals surface area contributed by atoms with Crippen molar-refractivity contribution in [2.75, 3.05) is 13.1 Å². The highest BCUT2D eigenvalue weighted by Crippen LogP contribution is 2.25. The molecule has 3 rings (SSSR count). The smallest absolute Gasteiger partial charge is 0.277 e. The molecule has 1 unspecified atom stereocenters. The minimum Gasteiger partial charge on any atom is -0.415 e. The van der Waals surface area contributed by atoms with Crippen LogP contribution in [0.2, 0.25) is 0 Å². The Balaban J connectivity index is 1.48. The van der Waals surface area contributed by atoms with Gasteiger partial charge in [-0.2, -0.15) is 0 Å². The molecule has 2 heterocycles. The van der Waals surface area contributed by atoms with Gasteiger partial charge in [-0.05, 0) is 45.7 Å². The number of hydrogen-bond donors (Lipinski definition) is 1. The number of hydrogen-bond acceptors (Lipinski definition) is 6. The summed E-state index contributed by atoms with van der Waals surface area (Å²) in [7, 11) is 0. The van der Waals surface area contributed by atoms with Crippen LogP contribution in [0.25, 0.3) is 0 Å². The van der Waals surface area contributed by atoms with Crippen LogP contribution in [0.15, 0.2) is 9.64 Å². The maximum atomic E-state index is 11.9. The number of thioether (sulfide) groups is 1. The Bertz CT molecular complexity index is 483. The van der Waals surface area contributed by atoms with E-state index in [1.165, 1.54) is 31.0 Å². The zero-order chi connectivity index (χ0) is 14.7. The number of carbonyl (C=O) groups is 1. The molecule has 1 aliphatic heterocycles. The van der Waals surface area contributed by atoms with E-state index in [2.05, 4.69) is 20.4 Å². The first-order valence-electron chi connectivity index (χ1n) is 7.72. The first-order chi connectivity index (χ1) is 10.2. The number of carbonyl (C=O) groups excluding carboxylic acids is 1. The molecule has 1 aromatic rings. The van der Waals surface area contributed by atoms with E-state index in [1.54, 1.807) is 0 Å². The normalized spacial score (nSPS) is 21.2. The van der Waals surface area contributed by atoms with Gasteiger partial charge in [0.05, 0.1) is 11.8 Å². The fourth-order valence-corrected chi connectivity index (χ4v) is 3.12. The SMILES string of the molecule is CC(Sc1nnc(CN2CCCCC2)o1)C(=O)NC1CC1. The highest BCUT2D eigenvalue weighted by atomic mass is 32.2. The molecule has 1 saturated carbocycles. The summed E-state index contributed by atoms with van der Waals surface area (Å²) < 4.78 is 5.65. The second-order valence-electron chi connectivity index (χ2n) is 5.84. The quantitative estimate of drug-likeness (QED) is 0.808. The Labute approximate surface area is 129 Å². The Morgan fingerprint density at radius 3 is 2.86 bits per heavy atom. The number of aromatic nitrogens is 2. The first kappa shape index (κ1) is 14.8. The predicted octanol–water partition coefficient (Wildman–Crippen LogP) is 1.81. The Morgan fingerprint density at radius 1 is 1.38 bits per heavy atom. The lowest BCUT2D eigenvalue weighted by Gasteiger charge is -2.24. The summed E-state index contributed by atoms with van der Waals surface area (Å²) in [5.74, 6) is 0.701. The lowest BCUT2D eigenvalue weighted by Crippen LogP contribution is -2.32. The summed E-state index contributed by atoms with van der Waals surface area (Å²) in [6.07, 6.45) is 6.00. The zero-order valence-electron chi connectivity index (χ0n) is 12.4. The number of nitrogens with one attached hydrogen (secondary N) is 1. The van der Waals surface area contributed by atoms with Gasteiger partial charge >= 0.3 is 0 Å². The molecule has 0 radical (unpaired) electrons. The average molecular weight is 310 g/mol. The van der Waals surface area contributed by atoms with Gasteiger partial charge < -0.3 is 9.73 Å². The van der Waals surface area contributed by atoms with Crippen molar-refractivity contribution >= 4 is 17.7 Å². The lowest BCUT2D eigenvalue weighted by molar-refractivity contribution is -0.120. The van der Waals surface area contributed by atoms with Crippen LogP contribution >= 0.6 is 11.8 Å². The van der Waals surface area contributed by atoms with Crippen molar-refractivity contribution in [3.8, 4) is 0 Å². The van der Waals surface area contributed by atoms with Crippen molar-refractivity contribution < 1.29 is 9.21 Å². The van der Waals surface area contributed by atoms with E-state index in [4.69, 9.17) is 4.42 Å². The van der Waals surface area contributed by atoms with Crippen molar-refractivity contribution in [1.29, 1.82) is 0 Å². The van der Waals surface area contributed by atoms with Gasteiger partial charge in [0.25, 0.3) is 5.22 Å². The molecule has 0 spiro atoms. The van der Waals surface area contributed by atoms with Crippen molar-refractivity contribution in [2.24, 2.45) is 0 Å². The van der Waals surface area contributed by atoms with Gasteiger partial charge in [-0.1, -0.05) is 18.2 Å². The minimum atomic E-state index is -0.200. The lowest BCUT2D eigenvalue weighted by atomic mass is 10.1. The van der Waals surface area contributed by atoms with Gasteiger partial charge in [-0.3, -0.25) is 9.69 Å². The molecule has 0 bridgehead atoms. The van der Waals surface area contributed by atoms with E-state index in [0.29, 0.717) is 17.2 Å². The molecule has 116 valence electrons. The third kappa shape index (κ3) is 4.44. The highest BCUT2D eigenvalue weighted by Gasteiger charge is 2.27. The molecule has 7 heteroatoms. The third-order valence-corrected chi connectivity index (χ3v) is 4.76. The second-order valence-corrected chi connectivity index (χ2v) is 7.13. The maximum Gasteiger partial charge on any atom is 0.277 e. The van der Waals surface area contributed by atoms with Crippen molar-refractivity contribution in [1.82, 2.24) is 20.4 Å². The van der Waals surface area contributed by atoms with Crippen LogP contribution in [0.1, 0.15) is 44.9 Å². The fourth-order valence-electron chi connectivity index (χ4n) is 2.41. The molecular weight excluding hydrogens is 288 g/mol. The molecule has 1 aromatic heterocycles. The van der Waals surface area contributed by atoms with E-state index in [0.717, 1.165) is 32.5 Å². The molecule has 21 heavy (non-hydrogen) atoms. The Kier molecular flexibility index (Phi) is 4.80. The zero-order valence-corrected chi connectivity index (χ0v) is 13.2. The first-order valence-corrected chi connectivity index (χ1v) is 8.60. The Hall–Kier alpha value is -1.08. The number of likely N-dealkylation sites (tertiary alicyclic amines) is 1. The summed E-state index contributed by atoms with van der Waals surface area (Å²) in [5.41, 5.74) is 0. The number of rotatable bonds is 6. The van der Waals surface area contributed by atoms with Gasteiger partial charge in [0, 0.05) is 6.04 Å². The summed E-state index contributed by atoms with van der Waals surface area (Å²) in [6.45, 7) is 4.79. The molecule has 1 aliphatic carbocycles.